The van der Waals surface area contributed by atoms with Crippen molar-refractivity contribution < 1.29 is 5.11 Å². The minimum Gasteiger partial charge on any atom is -0.391 e. The van der Waals surface area contributed by atoms with Gasteiger partial charge in [-0.1, -0.05) is 0 Å². The Morgan fingerprint density at radius 2 is 2.07 bits per heavy atom. The molecular weight excluding hydrogens is 188 g/mol. The van der Waals surface area contributed by atoms with Gasteiger partial charge in [-0.3, -0.25) is 0 Å². The van der Waals surface area contributed by atoms with Crippen molar-refractivity contribution in [1.29, 1.82) is 0 Å². The predicted octanol–water partition coefficient (Wildman–Crippen LogP) is 1.85. The van der Waals surface area contributed by atoms with E-state index < -0.39 is 0 Å². The first kappa shape index (κ1) is 9.40. The lowest BCUT2D eigenvalue weighted by Crippen LogP contribution is -2.20. The third-order valence-electron chi connectivity index (χ3n) is 3.86. The fraction of sp³-hybridized carbons (Fsp3) is 0.750. The lowest BCUT2D eigenvalue weighted by molar-refractivity contribution is 0.135. The van der Waals surface area contributed by atoms with E-state index in [9.17, 15) is 5.11 Å². The Labute approximate surface area is 90.1 Å². The minimum absolute atomic E-state index is 0.148. The normalized spacial score (nSPS) is 30.5. The van der Waals surface area contributed by atoms with E-state index in [0.29, 0.717) is 6.04 Å². The zero-order valence-electron chi connectivity index (χ0n) is 9.02. The van der Waals surface area contributed by atoms with Gasteiger partial charge in [-0.2, -0.15) is 0 Å². The van der Waals surface area contributed by atoms with E-state index in [0.717, 1.165) is 32.1 Å². The first-order valence-corrected chi connectivity index (χ1v) is 6.09. The lowest BCUT2D eigenvalue weighted by Gasteiger charge is -2.21. The highest BCUT2D eigenvalue weighted by Gasteiger charge is 2.29. The average Bonchev–Trinajstić information content (AvgIpc) is 2.83. The fourth-order valence-electron chi connectivity index (χ4n) is 3.02. The van der Waals surface area contributed by atoms with Crippen LogP contribution in [0.5, 0.6) is 0 Å². The minimum atomic E-state index is -0.148. The van der Waals surface area contributed by atoms with E-state index in [1.54, 1.807) is 0 Å². The van der Waals surface area contributed by atoms with Crippen LogP contribution in [0.4, 0.5) is 0 Å². The molecule has 2 unspecified atom stereocenters. The molecule has 2 aliphatic carbocycles. The molecule has 1 aromatic heterocycles. The Balaban J connectivity index is 1.94. The van der Waals surface area contributed by atoms with Gasteiger partial charge in [0.25, 0.3) is 0 Å². The second-order valence-electron chi connectivity index (χ2n) is 4.82. The molecule has 0 amide bonds. The predicted molar refractivity (Wildman–Crippen MR) is 57.8 cm³/mol. The molecule has 1 heterocycles. The Hall–Kier alpha value is -0.830. The van der Waals surface area contributed by atoms with Crippen LogP contribution in [0.2, 0.25) is 0 Å². The summed E-state index contributed by atoms with van der Waals surface area (Å²) in [7, 11) is 0. The van der Waals surface area contributed by atoms with Crippen LogP contribution in [0.15, 0.2) is 6.33 Å². The number of hydrogen-bond acceptors (Lipinski definition) is 2. The van der Waals surface area contributed by atoms with Crippen molar-refractivity contribution in [3.8, 4) is 0 Å². The van der Waals surface area contributed by atoms with Crippen LogP contribution < -0.4 is 0 Å². The zero-order valence-corrected chi connectivity index (χ0v) is 9.02. The molecule has 3 rings (SSSR count). The van der Waals surface area contributed by atoms with Crippen molar-refractivity contribution in [2.24, 2.45) is 0 Å². The van der Waals surface area contributed by atoms with Crippen molar-refractivity contribution in [1.82, 2.24) is 9.55 Å². The van der Waals surface area contributed by atoms with E-state index in [1.165, 1.54) is 24.2 Å². The third-order valence-corrected chi connectivity index (χ3v) is 3.86. The molecule has 0 aromatic carbocycles. The topological polar surface area (TPSA) is 38.0 Å². The molecular formula is C12H18N2O. The van der Waals surface area contributed by atoms with Crippen LogP contribution >= 0.6 is 0 Å². The number of rotatable bonds is 1. The number of fused-ring (bicyclic) bond motifs is 1. The second-order valence-corrected chi connectivity index (χ2v) is 4.82. The van der Waals surface area contributed by atoms with Gasteiger partial charge in [-0.15, -0.1) is 0 Å². The standard InChI is InChI=1S/C12H18N2O/c15-12-7-3-6-11(12)14-8-13-9-4-1-2-5-10(9)14/h8,11-12,15H,1-7H2. The summed E-state index contributed by atoms with van der Waals surface area (Å²) in [5.41, 5.74) is 2.67. The number of hydrogen-bond donors (Lipinski definition) is 1. The molecule has 1 aromatic rings. The molecule has 1 saturated carbocycles. The number of aliphatic hydroxyl groups excluding tert-OH is 1. The summed E-state index contributed by atoms with van der Waals surface area (Å²) in [6.07, 6.45) is 9.86. The molecule has 2 atom stereocenters. The zero-order chi connectivity index (χ0) is 10.3. The summed E-state index contributed by atoms with van der Waals surface area (Å²) < 4.78 is 2.26. The Morgan fingerprint density at radius 3 is 2.87 bits per heavy atom. The van der Waals surface area contributed by atoms with E-state index in [2.05, 4.69) is 9.55 Å². The number of imidazole rings is 1. The van der Waals surface area contributed by atoms with E-state index in [1.807, 2.05) is 6.33 Å². The Morgan fingerprint density at radius 1 is 1.20 bits per heavy atom. The van der Waals surface area contributed by atoms with Gasteiger partial charge in [0, 0.05) is 5.69 Å². The molecule has 0 bridgehead atoms. The van der Waals surface area contributed by atoms with E-state index in [-0.39, 0.29) is 6.10 Å². The molecule has 0 spiro atoms. The SMILES string of the molecule is OC1CCCC1n1cnc2c1CCCC2. The maximum Gasteiger partial charge on any atom is 0.0955 e. The summed E-state index contributed by atoms with van der Waals surface area (Å²) in [5.74, 6) is 0. The van der Waals surface area contributed by atoms with Crippen LogP contribution in [0, 0.1) is 0 Å². The van der Waals surface area contributed by atoms with Gasteiger partial charge in [0.1, 0.15) is 0 Å². The average molecular weight is 206 g/mol. The summed E-state index contributed by atoms with van der Waals surface area (Å²) in [4.78, 5) is 4.49. The molecule has 0 radical (unpaired) electrons. The molecule has 0 aliphatic heterocycles. The van der Waals surface area contributed by atoms with Gasteiger partial charge in [0.2, 0.25) is 0 Å². The van der Waals surface area contributed by atoms with Crippen LogP contribution in [0.3, 0.4) is 0 Å². The summed E-state index contributed by atoms with van der Waals surface area (Å²) >= 11 is 0. The number of aromatic nitrogens is 2. The smallest absolute Gasteiger partial charge is 0.0955 e. The molecule has 1 N–H and O–H groups in total. The summed E-state index contributed by atoms with van der Waals surface area (Å²) in [6.45, 7) is 0. The van der Waals surface area contributed by atoms with Gasteiger partial charge >= 0.3 is 0 Å². The van der Waals surface area contributed by atoms with Crippen molar-refractivity contribution in [3.05, 3.63) is 17.7 Å². The van der Waals surface area contributed by atoms with Gasteiger partial charge in [-0.05, 0) is 44.9 Å². The quantitative estimate of drug-likeness (QED) is 0.761. The largest absolute Gasteiger partial charge is 0.391 e. The molecule has 3 nitrogen and oxygen atoms in total. The van der Waals surface area contributed by atoms with Crippen molar-refractivity contribution in [3.63, 3.8) is 0 Å². The molecule has 0 saturated heterocycles. The number of aliphatic hydroxyl groups is 1. The van der Waals surface area contributed by atoms with Crippen LogP contribution in [-0.4, -0.2) is 20.8 Å². The summed E-state index contributed by atoms with van der Waals surface area (Å²) in [6, 6.07) is 0.305. The highest BCUT2D eigenvalue weighted by Crippen LogP contribution is 2.33. The highest BCUT2D eigenvalue weighted by molar-refractivity contribution is 5.17. The molecule has 1 fully saturated rings. The van der Waals surface area contributed by atoms with Crippen LogP contribution in [-0.2, 0) is 12.8 Å². The van der Waals surface area contributed by atoms with Crippen molar-refractivity contribution in [2.45, 2.75) is 57.1 Å². The fourth-order valence-corrected chi connectivity index (χ4v) is 3.02. The molecule has 2 aliphatic rings. The first-order valence-electron chi connectivity index (χ1n) is 6.09. The van der Waals surface area contributed by atoms with E-state index in [4.69, 9.17) is 0 Å². The van der Waals surface area contributed by atoms with Crippen molar-refractivity contribution >= 4 is 0 Å². The van der Waals surface area contributed by atoms with Gasteiger partial charge < -0.3 is 9.67 Å². The van der Waals surface area contributed by atoms with Gasteiger partial charge in [0.05, 0.1) is 24.2 Å². The number of aryl methyl sites for hydroxylation is 1. The maximum absolute atomic E-state index is 9.91. The monoisotopic (exact) mass is 206 g/mol. The van der Waals surface area contributed by atoms with Crippen molar-refractivity contribution in [2.75, 3.05) is 0 Å². The highest BCUT2D eigenvalue weighted by atomic mass is 16.3. The third kappa shape index (κ3) is 1.49. The maximum atomic E-state index is 9.91. The summed E-state index contributed by atoms with van der Waals surface area (Å²) in [5, 5.41) is 9.91. The van der Waals surface area contributed by atoms with Crippen LogP contribution in [0.25, 0.3) is 0 Å². The van der Waals surface area contributed by atoms with E-state index >= 15 is 0 Å². The number of nitrogens with zero attached hydrogens (tertiary/aromatic N) is 2. The Kier molecular flexibility index (Phi) is 2.28. The van der Waals surface area contributed by atoms with Crippen LogP contribution in [0.1, 0.15) is 49.5 Å². The Bertz CT molecular complexity index is 359. The second kappa shape index (κ2) is 3.63. The molecule has 3 heteroatoms. The molecule has 82 valence electrons. The van der Waals surface area contributed by atoms with Gasteiger partial charge in [0.15, 0.2) is 0 Å². The first-order chi connectivity index (χ1) is 7.36. The molecule has 15 heavy (non-hydrogen) atoms. The van der Waals surface area contributed by atoms with Gasteiger partial charge in [-0.25, -0.2) is 4.98 Å². The lowest BCUT2D eigenvalue weighted by atomic mass is 10.0.